The highest BCUT2D eigenvalue weighted by atomic mass is 16.5. The zero-order chi connectivity index (χ0) is 17.6. The highest BCUT2D eigenvalue weighted by Crippen LogP contribution is 2.11. The van der Waals surface area contributed by atoms with Gasteiger partial charge in [0.1, 0.15) is 5.71 Å². The van der Waals surface area contributed by atoms with Crippen molar-refractivity contribution < 1.29 is 14.3 Å². The average Bonchev–Trinajstić information content (AvgIpc) is 2.63. The van der Waals surface area contributed by atoms with E-state index in [-0.39, 0.29) is 17.9 Å². The van der Waals surface area contributed by atoms with Crippen LogP contribution in [0.3, 0.4) is 0 Å². The molecule has 0 spiro atoms. The third kappa shape index (κ3) is 4.87. The second kappa shape index (κ2) is 8.22. The molecular formula is C18H24N4O3. The monoisotopic (exact) mass is 344 g/mol. The van der Waals surface area contributed by atoms with Crippen LogP contribution in [0.2, 0.25) is 0 Å². The van der Waals surface area contributed by atoms with Gasteiger partial charge in [-0.05, 0) is 5.56 Å². The number of carbonyl (C=O) groups excluding carboxylic acids is 2. The normalized spacial score (nSPS) is 21.8. The van der Waals surface area contributed by atoms with E-state index in [4.69, 9.17) is 4.74 Å². The van der Waals surface area contributed by atoms with E-state index < -0.39 is 0 Å². The van der Waals surface area contributed by atoms with Crippen LogP contribution in [-0.2, 0) is 20.9 Å². The van der Waals surface area contributed by atoms with E-state index in [1.807, 2.05) is 18.2 Å². The van der Waals surface area contributed by atoms with Crippen LogP contribution < -0.4 is 5.32 Å². The fourth-order valence-electron chi connectivity index (χ4n) is 3.03. The first-order chi connectivity index (χ1) is 12.1. The lowest BCUT2D eigenvalue weighted by Gasteiger charge is -2.33. The van der Waals surface area contributed by atoms with Crippen LogP contribution in [0, 0.1) is 0 Å². The third-order valence-corrected chi connectivity index (χ3v) is 4.43. The summed E-state index contributed by atoms with van der Waals surface area (Å²) in [6, 6.07) is 10.3. The van der Waals surface area contributed by atoms with Gasteiger partial charge in [-0.1, -0.05) is 30.3 Å². The van der Waals surface area contributed by atoms with Crippen molar-refractivity contribution in [3.05, 3.63) is 35.9 Å². The van der Waals surface area contributed by atoms with Crippen LogP contribution in [-0.4, -0.2) is 66.8 Å². The molecule has 1 fully saturated rings. The molecule has 0 radical (unpaired) electrons. The highest BCUT2D eigenvalue weighted by molar-refractivity contribution is 6.39. The summed E-state index contributed by atoms with van der Waals surface area (Å²) in [5, 5.41) is 8.15. The molecule has 1 atom stereocenters. The Hall–Kier alpha value is -2.25. The maximum atomic E-state index is 12.2. The van der Waals surface area contributed by atoms with Gasteiger partial charge in [0.25, 0.3) is 5.91 Å². The topological polar surface area (TPSA) is 74.2 Å². The van der Waals surface area contributed by atoms with Crippen molar-refractivity contribution in [1.82, 2.24) is 15.2 Å². The van der Waals surface area contributed by atoms with Crippen molar-refractivity contribution in [2.75, 3.05) is 33.3 Å². The van der Waals surface area contributed by atoms with Crippen molar-refractivity contribution >= 4 is 17.5 Å². The molecule has 7 nitrogen and oxygen atoms in total. The maximum absolute atomic E-state index is 12.2. The molecule has 25 heavy (non-hydrogen) atoms. The second-order valence-corrected chi connectivity index (χ2v) is 6.39. The first-order valence-electron chi connectivity index (χ1n) is 8.62. The minimum atomic E-state index is -0.219. The second-order valence-electron chi connectivity index (χ2n) is 6.39. The lowest BCUT2D eigenvalue weighted by molar-refractivity contribution is -0.130. The van der Waals surface area contributed by atoms with Crippen molar-refractivity contribution in [2.45, 2.75) is 25.5 Å². The predicted molar refractivity (Wildman–Crippen MR) is 93.9 cm³/mol. The highest BCUT2D eigenvalue weighted by Gasteiger charge is 2.24. The van der Waals surface area contributed by atoms with E-state index in [1.165, 1.54) is 10.6 Å². The smallest absolute Gasteiger partial charge is 0.267 e. The Bertz CT molecular complexity index is 647. The molecule has 7 heteroatoms. The summed E-state index contributed by atoms with van der Waals surface area (Å²) in [4.78, 5) is 26.0. The fourth-order valence-corrected chi connectivity index (χ4v) is 3.03. The molecule has 1 aromatic rings. The van der Waals surface area contributed by atoms with Crippen LogP contribution in [0.4, 0.5) is 0 Å². The van der Waals surface area contributed by atoms with Gasteiger partial charge in [-0.15, -0.1) is 0 Å². The largest absolute Gasteiger partial charge is 0.374 e. The van der Waals surface area contributed by atoms with Gasteiger partial charge in [-0.25, -0.2) is 5.01 Å². The first kappa shape index (κ1) is 17.6. The Morgan fingerprint density at radius 1 is 1.32 bits per heavy atom. The van der Waals surface area contributed by atoms with E-state index in [0.29, 0.717) is 31.7 Å². The van der Waals surface area contributed by atoms with Crippen LogP contribution in [0.25, 0.3) is 0 Å². The molecule has 134 valence electrons. The summed E-state index contributed by atoms with van der Waals surface area (Å²) in [6.45, 7) is 3.65. The summed E-state index contributed by atoms with van der Waals surface area (Å²) in [7, 11) is 1.57. The minimum absolute atomic E-state index is 0.0371. The summed E-state index contributed by atoms with van der Waals surface area (Å²) in [6.07, 6.45) is 0.679. The SMILES string of the molecule is CN1N=C(C(=O)NCC2CN(Cc3ccccc3)CCO2)CCC1=O. The molecule has 0 bridgehead atoms. The van der Waals surface area contributed by atoms with Gasteiger partial charge in [0, 0.05) is 46.1 Å². The van der Waals surface area contributed by atoms with Gasteiger partial charge in [-0.3, -0.25) is 14.5 Å². The first-order valence-corrected chi connectivity index (χ1v) is 8.62. The van der Waals surface area contributed by atoms with Crippen molar-refractivity contribution in [1.29, 1.82) is 0 Å². The molecule has 0 saturated carbocycles. The molecular weight excluding hydrogens is 320 g/mol. The number of nitrogens with one attached hydrogen (secondary N) is 1. The minimum Gasteiger partial charge on any atom is -0.374 e. The maximum Gasteiger partial charge on any atom is 0.267 e. The molecule has 1 unspecified atom stereocenters. The Labute approximate surface area is 147 Å². The molecule has 2 aliphatic rings. The molecule has 3 rings (SSSR count). The Kier molecular flexibility index (Phi) is 5.78. The Balaban J connectivity index is 1.47. The lowest BCUT2D eigenvalue weighted by atomic mass is 10.1. The van der Waals surface area contributed by atoms with Gasteiger partial charge in [0.05, 0.1) is 12.7 Å². The number of rotatable bonds is 5. The molecule has 1 aromatic carbocycles. The summed E-state index contributed by atoms with van der Waals surface area (Å²) >= 11 is 0. The van der Waals surface area contributed by atoms with Crippen molar-refractivity contribution in [2.24, 2.45) is 5.10 Å². The van der Waals surface area contributed by atoms with Gasteiger partial charge in [0.2, 0.25) is 5.91 Å². The molecule has 0 aliphatic carbocycles. The zero-order valence-electron chi connectivity index (χ0n) is 14.5. The number of carbonyl (C=O) groups is 2. The van der Waals surface area contributed by atoms with Crippen molar-refractivity contribution in [3.63, 3.8) is 0 Å². The summed E-state index contributed by atoms with van der Waals surface area (Å²) < 4.78 is 5.76. The van der Waals surface area contributed by atoms with Gasteiger partial charge in [0.15, 0.2) is 0 Å². The number of hydrogen-bond donors (Lipinski definition) is 1. The van der Waals surface area contributed by atoms with E-state index in [9.17, 15) is 9.59 Å². The molecule has 2 amide bonds. The molecule has 2 aliphatic heterocycles. The number of morpholine rings is 1. The van der Waals surface area contributed by atoms with E-state index in [0.717, 1.165) is 19.6 Å². The van der Waals surface area contributed by atoms with E-state index in [2.05, 4.69) is 27.5 Å². The molecule has 0 aromatic heterocycles. The van der Waals surface area contributed by atoms with Crippen LogP contribution in [0.1, 0.15) is 18.4 Å². The fraction of sp³-hybridized carbons (Fsp3) is 0.500. The molecule has 2 heterocycles. The van der Waals surface area contributed by atoms with Gasteiger partial charge in [-0.2, -0.15) is 5.10 Å². The van der Waals surface area contributed by atoms with E-state index >= 15 is 0 Å². The van der Waals surface area contributed by atoms with Crippen LogP contribution in [0.5, 0.6) is 0 Å². The zero-order valence-corrected chi connectivity index (χ0v) is 14.5. The third-order valence-electron chi connectivity index (χ3n) is 4.43. The molecule has 1 N–H and O–H groups in total. The number of ether oxygens (including phenoxy) is 1. The number of hydrazone groups is 1. The van der Waals surface area contributed by atoms with Crippen LogP contribution >= 0.6 is 0 Å². The Morgan fingerprint density at radius 2 is 2.12 bits per heavy atom. The quantitative estimate of drug-likeness (QED) is 0.849. The Morgan fingerprint density at radius 3 is 2.88 bits per heavy atom. The number of benzene rings is 1. The number of hydrogen-bond acceptors (Lipinski definition) is 5. The standard InChI is InChI=1S/C18H24N4O3/c1-21-17(23)8-7-16(20-21)18(24)19-11-15-13-22(9-10-25-15)12-14-5-3-2-4-6-14/h2-6,15H,7-13H2,1H3,(H,19,24). The molecule has 1 saturated heterocycles. The van der Waals surface area contributed by atoms with E-state index in [1.54, 1.807) is 7.05 Å². The van der Waals surface area contributed by atoms with Crippen molar-refractivity contribution in [3.8, 4) is 0 Å². The number of nitrogens with zero attached hydrogens (tertiary/aromatic N) is 3. The van der Waals surface area contributed by atoms with Gasteiger partial charge < -0.3 is 10.1 Å². The average molecular weight is 344 g/mol. The van der Waals surface area contributed by atoms with Crippen LogP contribution in [0.15, 0.2) is 35.4 Å². The lowest BCUT2D eigenvalue weighted by Crippen LogP contribution is -2.48. The number of amides is 2. The summed E-state index contributed by atoms with van der Waals surface area (Å²) in [5.41, 5.74) is 1.68. The summed E-state index contributed by atoms with van der Waals surface area (Å²) in [5.74, 6) is -0.285. The van der Waals surface area contributed by atoms with Gasteiger partial charge >= 0.3 is 0 Å². The predicted octanol–water partition coefficient (Wildman–Crippen LogP) is 0.612.